The lowest BCUT2D eigenvalue weighted by atomic mass is 9.95. The van der Waals surface area contributed by atoms with Gasteiger partial charge in [0.15, 0.2) is 11.5 Å². The number of allylic oxidation sites excluding steroid dienone is 1. The maximum Gasteiger partial charge on any atom is 0.338 e. The first-order valence-electron chi connectivity index (χ1n) is 9.13. The number of hydrogen-bond donors (Lipinski definition) is 2. The Morgan fingerprint density at radius 2 is 2.00 bits per heavy atom. The van der Waals surface area contributed by atoms with Gasteiger partial charge in [0.2, 0.25) is 0 Å². The standard InChI is InChI=1S/C20H28N2O5/c1-6-9-26-15-8-7-14(10-16(15)25-5)18-17(13(4)21-20(24)22-18)19(23)27-11-12(2)3/h7-8,10,12,18H,6,9,11H2,1-5H3,(H2,21,22,24). The summed E-state index contributed by atoms with van der Waals surface area (Å²) < 4.78 is 16.5. The Balaban J connectivity index is 2.36. The minimum absolute atomic E-state index is 0.217. The van der Waals surface area contributed by atoms with Gasteiger partial charge >= 0.3 is 12.0 Å². The molecule has 0 spiro atoms. The zero-order valence-corrected chi connectivity index (χ0v) is 16.5. The van der Waals surface area contributed by atoms with Crippen LogP contribution in [0.4, 0.5) is 4.79 Å². The number of benzene rings is 1. The molecule has 0 bridgehead atoms. The number of urea groups is 1. The van der Waals surface area contributed by atoms with Crippen molar-refractivity contribution >= 4 is 12.0 Å². The summed E-state index contributed by atoms with van der Waals surface area (Å²) in [5, 5.41) is 5.43. The van der Waals surface area contributed by atoms with Crippen molar-refractivity contribution in [3.8, 4) is 11.5 Å². The number of nitrogens with one attached hydrogen (secondary N) is 2. The topological polar surface area (TPSA) is 85.9 Å². The molecule has 0 saturated carbocycles. The molecule has 1 aliphatic rings. The molecule has 27 heavy (non-hydrogen) atoms. The van der Waals surface area contributed by atoms with Gasteiger partial charge in [0.05, 0.1) is 31.9 Å². The Labute approximate surface area is 160 Å². The predicted octanol–water partition coefficient (Wildman–Crippen LogP) is 3.31. The summed E-state index contributed by atoms with van der Waals surface area (Å²) in [5.74, 6) is 0.924. The number of esters is 1. The third-order valence-electron chi connectivity index (χ3n) is 4.02. The van der Waals surface area contributed by atoms with E-state index in [4.69, 9.17) is 14.2 Å². The van der Waals surface area contributed by atoms with E-state index in [-0.39, 0.29) is 11.9 Å². The van der Waals surface area contributed by atoms with Crippen LogP contribution in [0.1, 0.15) is 45.7 Å². The predicted molar refractivity (Wildman–Crippen MR) is 102 cm³/mol. The second-order valence-corrected chi connectivity index (χ2v) is 6.82. The molecule has 0 fully saturated rings. The lowest BCUT2D eigenvalue weighted by Crippen LogP contribution is -2.45. The third-order valence-corrected chi connectivity index (χ3v) is 4.02. The first kappa shape index (κ1) is 20.6. The number of ether oxygens (including phenoxy) is 3. The average Bonchev–Trinajstić information content (AvgIpc) is 2.63. The van der Waals surface area contributed by atoms with E-state index in [0.29, 0.717) is 41.5 Å². The van der Waals surface area contributed by atoms with Crippen molar-refractivity contribution in [2.75, 3.05) is 20.3 Å². The second kappa shape index (κ2) is 9.30. The molecule has 0 radical (unpaired) electrons. The van der Waals surface area contributed by atoms with Gasteiger partial charge in [-0.05, 0) is 37.0 Å². The fraction of sp³-hybridized carbons (Fsp3) is 0.500. The molecule has 1 atom stereocenters. The van der Waals surface area contributed by atoms with Gasteiger partial charge in [-0.15, -0.1) is 0 Å². The van der Waals surface area contributed by atoms with Gasteiger partial charge in [0.25, 0.3) is 0 Å². The van der Waals surface area contributed by atoms with Crippen molar-refractivity contribution < 1.29 is 23.8 Å². The lowest BCUT2D eigenvalue weighted by molar-refractivity contribution is -0.140. The first-order valence-corrected chi connectivity index (χ1v) is 9.13. The molecule has 1 aromatic rings. The SMILES string of the molecule is CCCOc1ccc(C2NC(=O)NC(C)=C2C(=O)OCC(C)C)cc1OC. The molecular weight excluding hydrogens is 348 g/mol. The average molecular weight is 376 g/mol. The first-order chi connectivity index (χ1) is 12.9. The summed E-state index contributed by atoms with van der Waals surface area (Å²) in [6.07, 6.45) is 0.878. The van der Waals surface area contributed by atoms with E-state index in [1.807, 2.05) is 26.8 Å². The number of carbonyl (C=O) groups excluding carboxylic acids is 2. The van der Waals surface area contributed by atoms with Gasteiger partial charge in [-0.3, -0.25) is 0 Å². The number of amides is 2. The van der Waals surface area contributed by atoms with Crippen LogP contribution in [0.25, 0.3) is 0 Å². The molecule has 7 nitrogen and oxygen atoms in total. The van der Waals surface area contributed by atoms with E-state index in [1.54, 1.807) is 26.2 Å². The lowest BCUT2D eigenvalue weighted by Gasteiger charge is -2.28. The molecule has 1 aromatic carbocycles. The summed E-state index contributed by atoms with van der Waals surface area (Å²) in [6, 6.07) is 4.36. The van der Waals surface area contributed by atoms with Crippen molar-refractivity contribution in [3.63, 3.8) is 0 Å². The van der Waals surface area contributed by atoms with E-state index in [9.17, 15) is 9.59 Å². The van der Waals surface area contributed by atoms with Gasteiger partial charge in [-0.2, -0.15) is 0 Å². The molecule has 0 aromatic heterocycles. The monoisotopic (exact) mass is 376 g/mol. The molecule has 148 valence electrons. The van der Waals surface area contributed by atoms with Crippen LogP contribution < -0.4 is 20.1 Å². The largest absolute Gasteiger partial charge is 0.493 e. The zero-order chi connectivity index (χ0) is 20.0. The van der Waals surface area contributed by atoms with Crippen LogP contribution in [0.3, 0.4) is 0 Å². The van der Waals surface area contributed by atoms with E-state index in [1.165, 1.54) is 0 Å². The van der Waals surface area contributed by atoms with Crippen molar-refractivity contribution in [3.05, 3.63) is 35.0 Å². The number of methoxy groups -OCH3 is 1. The quantitative estimate of drug-likeness (QED) is 0.680. The highest BCUT2D eigenvalue weighted by Gasteiger charge is 2.32. The molecule has 2 amide bonds. The normalized spacial score (nSPS) is 16.7. The van der Waals surface area contributed by atoms with E-state index in [0.717, 1.165) is 6.42 Å². The third kappa shape index (κ3) is 5.15. The molecule has 0 saturated heterocycles. The molecule has 1 unspecified atom stereocenters. The van der Waals surface area contributed by atoms with Gasteiger partial charge in [0, 0.05) is 5.70 Å². The fourth-order valence-electron chi connectivity index (χ4n) is 2.73. The summed E-state index contributed by atoms with van der Waals surface area (Å²) in [6.45, 7) is 8.52. The Kier molecular flexibility index (Phi) is 7.10. The van der Waals surface area contributed by atoms with E-state index >= 15 is 0 Å². The van der Waals surface area contributed by atoms with Gasteiger partial charge < -0.3 is 24.8 Å². The Hall–Kier alpha value is -2.70. The smallest absolute Gasteiger partial charge is 0.338 e. The van der Waals surface area contributed by atoms with Crippen molar-refractivity contribution in [2.24, 2.45) is 5.92 Å². The molecule has 1 heterocycles. The molecule has 1 aliphatic heterocycles. The Bertz CT molecular complexity index is 727. The summed E-state index contributed by atoms with van der Waals surface area (Å²) in [5.41, 5.74) is 1.56. The van der Waals surface area contributed by atoms with Crippen LogP contribution in [0, 0.1) is 5.92 Å². The van der Waals surface area contributed by atoms with E-state index in [2.05, 4.69) is 10.6 Å². The van der Waals surface area contributed by atoms with Crippen molar-refractivity contribution in [2.45, 2.75) is 40.2 Å². The van der Waals surface area contributed by atoms with Crippen molar-refractivity contribution in [1.82, 2.24) is 10.6 Å². The molecule has 0 aliphatic carbocycles. The van der Waals surface area contributed by atoms with Gasteiger partial charge in [0.1, 0.15) is 0 Å². The minimum atomic E-state index is -0.632. The molecule has 7 heteroatoms. The number of hydrogen-bond acceptors (Lipinski definition) is 5. The Morgan fingerprint density at radius 3 is 2.63 bits per heavy atom. The van der Waals surface area contributed by atoms with Crippen molar-refractivity contribution in [1.29, 1.82) is 0 Å². The highest BCUT2D eigenvalue weighted by Crippen LogP contribution is 2.34. The maximum atomic E-state index is 12.6. The second-order valence-electron chi connectivity index (χ2n) is 6.82. The Morgan fingerprint density at radius 1 is 1.26 bits per heavy atom. The fourth-order valence-corrected chi connectivity index (χ4v) is 2.73. The number of rotatable bonds is 8. The summed E-state index contributed by atoms with van der Waals surface area (Å²) in [7, 11) is 1.55. The van der Waals surface area contributed by atoms with Crippen LogP contribution in [0.5, 0.6) is 11.5 Å². The van der Waals surface area contributed by atoms with Crippen LogP contribution >= 0.6 is 0 Å². The van der Waals surface area contributed by atoms with E-state index < -0.39 is 12.0 Å². The van der Waals surface area contributed by atoms with Crippen LogP contribution in [-0.4, -0.2) is 32.3 Å². The van der Waals surface area contributed by atoms with Crippen LogP contribution in [-0.2, 0) is 9.53 Å². The molecule has 2 rings (SSSR count). The van der Waals surface area contributed by atoms with Crippen LogP contribution in [0.2, 0.25) is 0 Å². The zero-order valence-electron chi connectivity index (χ0n) is 16.5. The van der Waals surface area contributed by atoms with Gasteiger partial charge in [-0.25, -0.2) is 9.59 Å². The summed E-state index contributed by atoms with van der Waals surface area (Å²) in [4.78, 5) is 24.6. The van der Waals surface area contributed by atoms with Crippen LogP contribution in [0.15, 0.2) is 29.5 Å². The molecular formula is C20H28N2O5. The summed E-state index contributed by atoms with van der Waals surface area (Å²) >= 11 is 0. The highest BCUT2D eigenvalue weighted by atomic mass is 16.5. The van der Waals surface area contributed by atoms with Gasteiger partial charge in [-0.1, -0.05) is 26.8 Å². The number of carbonyl (C=O) groups is 2. The maximum absolute atomic E-state index is 12.6. The highest BCUT2D eigenvalue weighted by molar-refractivity contribution is 5.95. The minimum Gasteiger partial charge on any atom is -0.493 e. The molecule has 2 N–H and O–H groups in total.